The number of aryl methyl sites for hydroxylation is 1. The van der Waals surface area contributed by atoms with Crippen LogP contribution in [0.5, 0.6) is 5.75 Å². The first kappa shape index (κ1) is 15.6. The van der Waals surface area contributed by atoms with Crippen LogP contribution < -0.4 is 10.1 Å². The minimum atomic E-state index is -0.0125. The Morgan fingerprint density at radius 1 is 1.17 bits per heavy atom. The second-order valence-electron chi connectivity index (χ2n) is 5.78. The first-order valence-electron chi connectivity index (χ1n) is 7.97. The minimum Gasteiger partial charge on any atom is -0.491 e. The topological polar surface area (TPSA) is 58.6 Å². The van der Waals surface area contributed by atoms with E-state index in [-0.39, 0.29) is 19.1 Å². The first-order valence-corrected chi connectivity index (χ1v) is 7.97. The van der Waals surface area contributed by atoms with Gasteiger partial charge in [0, 0.05) is 12.1 Å². The average Bonchev–Trinajstić information content (AvgIpc) is 2.97. The number of fused-ring (bicyclic) bond motifs is 1. The Labute approximate surface area is 136 Å². The van der Waals surface area contributed by atoms with Crippen LogP contribution >= 0.6 is 0 Å². The molecule has 0 heterocycles. The Balaban J connectivity index is 1.56. The highest BCUT2D eigenvalue weighted by molar-refractivity contribution is 5.91. The van der Waals surface area contributed by atoms with E-state index in [0.29, 0.717) is 18.1 Å². The molecule has 0 saturated heterocycles. The van der Waals surface area contributed by atoms with Crippen LogP contribution in [0, 0.1) is 0 Å². The van der Waals surface area contributed by atoms with E-state index < -0.39 is 0 Å². The van der Waals surface area contributed by atoms with E-state index in [1.807, 2.05) is 18.2 Å². The Bertz CT molecular complexity index is 667. The molecular formula is C19H21NO3. The van der Waals surface area contributed by atoms with Crippen LogP contribution in [0.25, 0.3) is 0 Å². The molecule has 1 atom stereocenters. The highest BCUT2D eigenvalue weighted by atomic mass is 16.5. The summed E-state index contributed by atoms with van der Waals surface area (Å²) in [6.45, 7) is 0.258. The number of rotatable bonds is 6. The molecule has 1 unspecified atom stereocenters. The summed E-state index contributed by atoms with van der Waals surface area (Å²) in [5, 5.41) is 11.7. The summed E-state index contributed by atoms with van der Waals surface area (Å²) >= 11 is 0. The van der Waals surface area contributed by atoms with Gasteiger partial charge in [0.1, 0.15) is 12.4 Å². The molecule has 120 valence electrons. The maximum atomic E-state index is 12.3. The van der Waals surface area contributed by atoms with Gasteiger partial charge in [0.25, 0.3) is 0 Å². The van der Waals surface area contributed by atoms with E-state index in [1.54, 1.807) is 12.1 Å². The van der Waals surface area contributed by atoms with E-state index in [1.165, 1.54) is 11.1 Å². The van der Waals surface area contributed by atoms with Gasteiger partial charge in [0.05, 0.1) is 6.61 Å². The lowest BCUT2D eigenvalue weighted by atomic mass is 9.97. The molecule has 2 aromatic rings. The van der Waals surface area contributed by atoms with Gasteiger partial charge in [-0.25, -0.2) is 0 Å². The first-order chi connectivity index (χ1) is 11.3. The zero-order valence-corrected chi connectivity index (χ0v) is 13.0. The molecule has 0 aromatic heterocycles. The summed E-state index contributed by atoms with van der Waals surface area (Å²) in [7, 11) is 0. The Hall–Kier alpha value is -2.33. The van der Waals surface area contributed by atoms with Crippen molar-refractivity contribution in [3.05, 3.63) is 59.7 Å². The third-order valence-corrected chi connectivity index (χ3v) is 4.19. The third-order valence-electron chi connectivity index (χ3n) is 4.19. The van der Waals surface area contributed by atoms with Crippen LogP contribution in [0.15, 0.2) is 48.5 Å². The number of benzene rings is 2. The average molecular weight is 311 g/mol. The van der Waals surface area contributed by atoms with Gasteiger partial charge in [0.15, 0.2) is 0 Å². The fourth-order valence-corrected chi connectivity index (χ4v) is 3.09. The molecule has 0 aliphatic heterocycles. The Morgan fingerprint density at radius 3 is 2.74 bits per heavy atom. The lowest BCUT2D eigenvalue weighted by Gasteiger charge is -2.12. The molecule has 2 N–H and O–H groups in total. The second-order valence-corrected chi connectivity index (χ2v) is 5.78. The number of nitrogens with one attached hydrogen (secondary N) is 1. The maximum absolute atomic E-state index is 12.3. The zero-order chi connectivity index (χ0) is 16.1. The summed E-state index contributed by atoms with van der Waals surface area (Å²) in [5.41, 5.74) is 3.45. The molecular weight excluding hydrogens is 290 g/mol. The van der Waals surface area contributed by atoms with E-state index in [0.717, 1.165) is 18.5 Å². The Morgan fingerprint density at radius 2 is 1.96 bits per heavy atom. The van der Waals surface area contributed by atoms with Crippen molar-refractivity contribution >= 4 is 11.6 Å². The van der Waals surface area contributed by atoms with Crippen molar-refractivity contribution in [2.24, 2.45) is 0 Å². The SMILES string of the molecule is O=C(CC1CCc2ccccc21)Nc1ccc(OCCO)cc1. The summed E-state index contributed by atoms with van der Waals surface area (Å²) in [4.78, 5) is 12.3. The quantitative estimate of drug-likeness (QED) is 0.862. The highest BCUT2D eigenvalue weighted by Gasteiger charge is 2.24. The van der Waals surface area contributed by atoms with Gasteiger partial charge in [-0.1, -0.05) is 24.3 Å². The molecule has 0 radical (unpaired) electrons. The maximum Gasteiger partial charge on any atom is 0.224 e. The van der Waals surface area contributed by atoms with E-state index >= 15 is 0 Å². The summed E-state index contributed by atoms with van der Waals surface area (Å²) < 4.78 is 5.30. The van der Waals surface area contributed by atoms with Gasteiger partial charge in [-0.15, -0.1) is 0 Å². The zero-order valence-electron chi connectivity index (χ0n) is 13.0. The lowest BCUT2D eigenvalue weighted by molar-refractivity contribution is -0.116. The monoisotopic (exact) mass is 311 g/mol. The lowest BCUT2D eigenvalue weighted by Crippen LogP contribution is -2.14. The molecule has 0 saturated carbocycles. The molecule has 0 bridgehead atoms. The fourth-order valence-electron chi connectivity index (χ4n) is 3.09. The van der Waals surface area contributed by atoms with E-state index in [9.17, 15) is 4.79 Å². The molecule has 2 aromatic carbocycles. The van der Waals surface area contributed by atoms with Crippen LogP contribution in [0.4, 0.5) is 5.69 Å². The molecule has 0 spiro atoms. The molecule has 1 aliphatic rings. The number of amides is 1. The number of carbonyl (C=O) groups excluding carboxylic acids is 1. The van der Waals surface area contributed by atoms with Crippen LogP contribution in [0.3, 0.4) is 0 Å². The summed E-state index contributed by atoms with van der Waals surface area (Å²) in [6.07, 6.45) is 2.62. The van der Waals surface area contributed by atoms with Gasteiger partial charge in [0.2, 0.25) is 5.91 Å². The van der Waals surface area contributed by atoms with Crippen molar-refractivity contribution < 1.29 is 14.6 Å². The molecule has 4 heteroatoms. The summed E-state index contributed by atoms with van der Waals surface area (Å²) in [5.74, 6) is 1.04. The largest absolute Gasteiger partial charge is 0.491 e. The summed E-state index contributed by atoms with van der Waals surface area (Å²) in [6, 6.07) is 15.6. The third kappa shape index (κ3) is 3.90. The van der Waals surface area contributed by atoms with Crippen LogP contribution in [0.1, 0.15) is 29.9 Å². The van der Waals surface area contributed by atoms with Crippen molar-refractivity contribution in [1.29, 1.82) is 0 Å². The number of hydrogen-bond donors (Lipinski definition) is 2. The van der Waals surface area contributed by atoms with Crippen molar-refractivity contribution in [3.63, 3.8) is 0 Å². The van der Waals surface area contributed by atoms with Gasteiger partial charge < -0.3 is 15.2 Å². The molecule has 3 rings (SSSR count). The van der Waals surface area contributed by atoms with Crippen molar-refractivity contribution in [3.8, 4) is 5.75 Å². The molecule has 1 amide bonds. The minimum absolute atomic E-state index is 0.0125. The van der Waals surface area contributed by atoms with Crippen molar-refractivity contribution in [1.82, 2.24) is 0 Å². The number of carbonyl (C=O) groups is 1. The van der Waals surface area contributed by atoms with Crippen molar-refractivity contribution in [2.45, 2.75) is 25.2 Å². The number of anilines is 1. The van der Waals surface area contributed by atoms with Crippen LogP contribution in [-0.4, -0.2) is 24.2 Å². The number of aliphatic hydroxyl groups is 1. The number of ether oxygens (including phenoxy) is 1. The number of aliphatic hydroxyl groups excluding tert-OH is 1. The highest BCUT2D eigenvalue weighted by Crippen LogP contribution is 2.35. The van der Waals surface area contributed by atoms with Gasteiger partial charge in [-0.3, -0.25) is 4.79 Å². The van der Waals surface area contributed by atoms with Crippen LogP contribution in [0.2, 0.25) is 0 Å². The molecule has 4 nitrogen and oxygen atoms in total. The fraction of sp³-hybridized carbons (Fsp3) is 0.316. The molecule has 0 fully saturated rings. The normalized spacial score (nSPS) is 16.0. The van der Waals surface area contributed by atoms with Gasteiger partial charge >= 0.3 is 0 Å². The number of hydrogen-bond acceptors (Lipinski definition) is 3. The predicted molar refractivity (Wildman–Crippen MR) is 89.8 cm³/mol. The Kier molecular flexibility index (Phi) is 4.93. The van der Waals surface area contributed by atoms with Crippen molar-refractivity contribution in [2.75, 3.05) is 18.5 Å². The van der Waals surface area contributed by atoms with E-state index in [2.05, 4.69) is 23.5 Å². The van der Waals surface area contributed by atoms with Crippen LogP contribution in [-0.2, 0) is 11.2 Å². The smallest absolute Gasteiger partial charge is 0.224 e. The van der Waals surface area contributed by atoms with Gasteiger partial charge in [-0.05, 0) is 54.2 Å². The second kappa shape index (κ2) is 7.29. The predicted octanol–water partition coefficient (Wildman–Crippen LogP) is 3.12. The van der Waals surface area contributed by atoms with E-state index in [4.69, 9.17) is 9.84 Å². The molecule has 23 heavy (non-hydrogen) atoms. The standard InChI is InChI=1S/C19H21NO3/c21-11-12-23-17-9-7-16(8-10-17)20-19(22)13-15-6-5-14-3-1-2-4-18(14)15/h1-4,7-10,15,21H,5-6,11-13H2,(H,20,22). The van der Waals surface area contributed by atoms with Gasteiger partial charge in [-0.2, -0.15) is 0 Å². The molecule has 1 aliphatic carbocycles.